The van der Waals surface area contributed by atoms with Gasteiger partial charge in [-0.15, -0.1) is 0 Å². The highest BCUT2D eigenvalue weighted by Gasteiger charge is 2.13. The molecule has 0 heterocycles. The van der Waals surface area contributed by atoms with E-state index in [4.69, 9.17) is 22.0 Å². The number of aliphatic imine (C=N–C) groups is 2. The van der Waals surface area contributed by atoms with Gasteiger partial charge in [0.05, 0.1) is 5.71 Å². The number of hydrogen-bond acceptors (Lipinski definition) is 0. The van der Waals surface area contributed by atoms with Gasteiger partial charge in [-0.3, -0.25) is 5.41 Å². The van der Waals surface area contributed by atoms with Crippen LogP contribution >= 0.6 is 11.6 Å². The molecule has 0 saturated heterocycles. The van der Waals surface area contributed by atoms with E-state index < -0.39 is 0 Å². The summed E-state index contributed by atoms with van der Waals surface area (Å²) in [7, 11) is 0. The summed E-state index contributed by atoms with van der Waals surface area (Å²) in [6.07, 6.45) is 0.770. The van der Waals surface area contributed by atoms with E-state index >= 15 is 0 Å². The zero-order chi connectivity index (χ0) is 17.6. The molecule has 0 radical (unpaired) electrons. The molecular formula is C21H19ClN3+. The van der Waals surface area contributed by atoms with Crippen molar-refractivity contribution in [3.8, 4) is 0 Å². The minimum Gasteiger partial charge on any atom is -0.273 e. The average Bonchev–Trinajstić information content (AvgIpc) is 2.65. The lowest BCUT2D eigenvalue weighted by Crippen LogP contribution is -2.35. The fraction of sp³-hybridized carbons (Fsp3) is 0.0952. The summed E-state index contributed by atoms with van der Waals surface area (Å²) in [5.74, 6) is 0.512. The summed E-state index contributed by atoms with van der Waals surface area (Å²) in [5, 5.41) is 7.94. The fourth-order valence-electron chi connectivity index (χ4n) is 2.69. The fourth-order valence-corrected chi connectivity index (χ4v) is 2.77. The van der Waals surface area contributed by atoms with Crippen LogP contribution in [0.2, 0.25) is 0 Å². The molecule has 0 amide bonds. The molecule has 0 aliphatic rings. The van der Waals surface area contributed by atoms with Gasteiger partial charge in [0.25, 0.3) is 5.84 Å². The summed E-state index contributed by atoms with van der Waals surface area (Å²) >= 11 is 5.81. The Morgan fingerprint density at radius 2 is 1.52 bits per heavy atom. The van der Waals surface area contributed by atoms with E-state index in [1.54, 1.807) is 0 Å². The number of rotatable bonds is 3. The van der Waals surface area contributed by atoms with E-state index in [0.29, 0.717) is 5.84 Å². The summed E-state index contributed by atoms with van der Waals surface area (Å²) in [6, 6.07) is 24.3. The molecule has 0 atom stereocenters. The third-order valence-corrected chi connectivity index (χ3v) is 3.99. The molecule has 3 aromatic rings. The second-order valence-electron chi connectivity index (χ2n) is 5.60. The van der Waals surface area contributed by atoms with E-state index in [1.807, 2.05) is 42.5 Å². The maximum absolute atomic E-state index is 5.81. The molecular weight excluding hydrogens is 330 g/mol. The quantitative estimate of drug-likeness (QED) is 0.425. The van der Waals surface area contributed by atoms with Gasteiger partial charge in [0.15, 0.2) is 0 Å². The molecule has 0 aromatic heterocycles. The number of nitrogens with two attached hydrogens (primary N) is 1. The van der Waals surface area contributed by atoms with Crippen LogP contribution in [0.1, 0.15) is 24.5 Å². The molecule has 0 fully saturated rings. The maximum Gasteiger partial charge on any atom is 0.389 e. The first-order valence-electron chi connectivity index (χ1n) is 8.16. The van der Waals surface area contributed by atoms with E-state index in [2.05, 4.69) is 42.2 Å². The number of nitrogens with zero attached hydrogens (tertiary/aromatic N) is 2. The van der Waals surface area contributed by atoms with Crippen molar-refractivity contribution in [1.29, 1.82) is 0 Å². The van der Waals surface area contributed by atoms with Crippen molar-refractivity contribution in [3.63, 3.8) is 0 Å². The minimum atomic E-state index is -0.0310. The van der Waals surface area contributed by atoms with Gasteiger partial charge in [-0.05, 0) is 45.9 Å². The number of halogens is 1. The predicted octanol–water partition coefficient (Wildman–Crippen LogP) is 3.84. The first kappa shape index (κ1) is 17.1. The van der Waals surface area contributed by atoms with Gasteiger partial charge in [-0.25, -0.2) is 4.99 Å². The van der Waals surface area contributed by atoms with Crippen molar-refractivity contribution < 1.29 is 5.41 Å². The Labute approximate surface area is 152 Å². The molecule has 0 saturated carbocycles. The average molecular weight is 349 g/mol. The molecule has 0 spiro atoms. The van der Waals surface area contributed by atoms with Crippen LogP contribution in [0.4, 0.5) is 0 Å². The van der Waals surface area contributed by atoms with Gasteiger partial charge >= 0.3 is 5.29 Å². The Bertz CT molecular complexity index is 959. The number of benzene rings is 3. The lowest BCUT2D eigenvalue weighted by molar-refractivity contribution is -0.110. The predicted molar refractivity (Wildman–Crippen MR) is 107 cm³/mol. The van der Waals surface area contributed by atoms with Crippen molar-refractivity contribution in [2.45, 2.75) is 13.3 Å². The molecule has 2 N–H and O–H groups in total. The molecule has 3 aromatic carbocycles. The lowest BCUT2D eigenvalue weighted by Gasteiger charge is -2.06. The Morgan fingerprint density at radius 1 is 0.840 bits per heavy atom. The number of fused-ring (bicyclic) bond motifs is 1. The van der Waals surface area contributed by atoms with Gasteiger partial charge in [-0.1, -0.05) is 61.5 Å². The van der Waals surface area contributed by atoms with Crippen molar-refractivity contribution in [3.05, 3.63) is 83.9 Å². The normalized spacial score (nSPS) is 12.4. The largest absolute Gasteiger partial charge is 0.389 e. The highest BCUT2D eigenvalue weighted by atomic mass is 35.5. The summed E-state index contributed by atoms with van der Waals surface area (Å²) < 4.78 is 0. The van der Waals surface area contributed by atoms with Crippen LogP contribution in [0.3, 0.4) is 0 Å². The zero-order valence-corrected chi connectivity index (χ0v) is 14.7. The van der Waals surface area contributed by atoms with Crippen LogP contribution in [0.25, 0.3) is 10.8 Å². The van der Waals surface area contributed by atoms with Crippen LogP contribution in [0.15, 0.2) is 82.8 Å². The Morgan fingerprint density at radius 3 is 2.20 bits per heavy atom. The Balaban J connectivity index is 2.08. The van der Waals surface area contributed by atoms with Gasteiger partial charge in [0.2, 0.25) is 0 Å². The first-order valence-corrected chi connectivity index (χ1v) is 8.54. The summed E-state index contributed by atoms with van der Waals surface area (Å²) in [4.78, 5) is 8.98. The van der Waals surface area contributed by atoms with Crippen LogP contribution in [-0.4, -0.2) is 16.8 Å². The van der Waals surface area contributed by atoms with Gasteiger partial charge < -0.3 is 0 Å². The standard InChI is InChI=1S/C21H18ClN3/c1-2-19(18-13-12-15-8-6-7-11-17(15)14-18)24-20(25-21(22)23)16-9-4-3-5-10-16/h3-14,23H,2H2,1H3/p+1/b23-21?,24-19?,25-20-. The van der Waals surface area contributed by atoms with E-state index in [0.717, 1.165) is 23.3 Å². The van der Waals surface area contributed by atoms with Crippen molar-refractivity contribution in [1.82, 2.24) is 0 Å². The van der Waals surface area contributed by atoms with Gasteiger partial charge in [0, 0.05) is 17.2 Å². The van der Waals surface area contributed by atoms with Crippen LogP contribution in [-0.2, 0) is 0 Å². The van der Waals surface area contributed by atoms with Gasteiger partial charge in [-0.2, -0.15) is 0 Å². The summed E-state index contributed by atoms with van der Waals surface area (Å²) in [6.45, 7) is 2.07. The SMILES string of the molecule is CCC(=N/C(=N\C(=[NH2+])Cl)c1ccccc1)c1ccc2ccccc2c1. The molecule has 3 rings (SSSR count). The Hall–Kier alpha value is -2.78. The van der Waals surface area contributed by atoms with Crippen LogP contribution < -0.4 is 5.41 Å². The number of hydrogen-bond donors (Lipinski definition) is 1. The van der Waals surface area contributed by atoms with Crippen LogP contribution in [0, 0.1) is 0 Å². The monoisotopic (exact) mass is 348 g/mol. The molecule has 25 heavy (non-hydrogen) atoms. The molecule has 0 bridgehead atoms. The van der Waals surface area contributed by atoms with Crippen LogP contribution in [0.5, 0.6) is 0 Å². The molecule has 0 aliphatic carbocycles. The van der Waals surface area contributed by atoms with Crippen molar-refractivity contribution >= 4 is 39.2 Å². The van der Waals surface area contributed by atoms with Gasteiger partial charge in [0.1, 0.15) is 0 Å². The second kappa shape index (κ2) is 7.86. The minimum absolute atomic E-state index is 0.0310. The third kappa shape index (κ3) is 4.20. The smallest absolute Gasteiger partial charge is 0.273 e. The number of amidine groups is 2. The van der Waals surface area contributed by atoms with E-state index in [9.17, 15) is 0 Å². The Kier molecular flexibility index (Phi) is 5.36. The molecule has 3 nitrogen and oxygen atoms in total. The highest BCUT2D eigenvalue weighted by Crippen LogP contribution is 2.18. The van der Waals surface area contributed by atoms with E-state index in [1.165, 1.54) is 10.8 Å². The first-order chi connectivity index (χ1) is 12.2. The lowest BCUT2D eigenvalue weighted by atomic mass is 10.0. The highest BCUT2D eigenvalue weighted by molar-refractivity contribution is 6.64. The van der Waals surface area contributed by atoms with Crippen molar-refractivity contribution in [2.75, 3.05) is 0 Å². The topological polar surface area (TPSA) is 50.3 Å². The molecule has 0 aliphatic heterocycles. The second-order valence-corrected chi connectivity index (χ2v) is 5.99. The molecule has 0 unspecified atom stereocenters. The van der Waals surface area contributed by atoms with Crippen molar-refractivity contribution in [2.24, 2.45) is 9.98 Å². The summed E-state index contributed by atoms with van der Waals surface area (Å²) in [5.41, 5.74) is 2.88. The molecule has 4 heteroatoms. The zero-order valence-electron chi connectivity index (χ0n) is 14.0. The van der Waals surface area contributed by atoms with E-state index in [-0.39, 0.29) is 5.29 Å². The maximum atomic E-state index is 5.81. The third-order valence-electron chi connectivity index (χ3n) is 3.90. The molecule has 124 valence electrons.